The Balaban J connectivity index is 1.55. The van der Waals surface area contributed by atoms with Crippen molar-refractivity contribution >= 4 is 5.91 Å². The van der Waals surface area contributed by atoms with Crippen LogP contribution in [0.1, 0.15) is 61.5 Å². The highest BCUT2D eigenvalue weighted by atomic mass is 16.7. The van der Waals surface area contributed by atoms with Gasteiger partial charge < -0.3 is 14.4 Å². The molecule has 158 valence electrons. The van der Waals surface area contributed by atoms with Crippen molar-refractivity contribution in [2.75, 3.05) is 20.3 Å². The predicted octanol–water partition coefficient (Wildman–Crippen LogP) is 3.48. The topological polar surface area (TPSA) is 69.5 Å². The minimum Gasteiger partial charge on any atom is -0.351 e. The quantitative estimate of drug-likeness (QED) is 0.603. The molecule has 1 fully saturated rings. The number of carbonyl (C=O) groups excluding carboxylic acids is 1. The van der Waals surface area contributed by atoms with E-state index in [-0.39, 0.29) is 18.2 Å². The number of hydrogen-bond acceptors (Lipinski definition) is 5. The maximum atomic E-state index is 12.9. The van der Waals surface area contributed by atoms with Crippen LogP contribution in [0.5, 0.6) is 0 Å². The van der Waals surface area contributed by atoms with Gasteiger partial charge in [0, 0.05) is 26.3 Å². The Kier molecular flexibility index (Phi) is 7.77. The van der Waals surface area contributed by atoms with Crippen LogP contribution in [-0.2, 0) is 16.0 Å². The lowest BCUT2D eigenvalue weighted by Gasteiger charge is -2.34. The number of amides is 1. The molecule has 1 heterocycles. The molecule has 1 saturated carbocycles. The smallest absolute Gasteiger partial charge is 0.276 e. The highest BCUT2D eigenvalue weighted by Crippen LogP contribution is 2.34. The summed E-state index contributed by atoms with van der Waals surface area (Å²) in [6.07, 6.45) is 5.51. The molecule has 2 aromatic rings. The van der Waals surface area contributed by atoms with Gasteiger partial charge in [-0.3, -0.25) is 4.79 Å². The van der Waals surface area contributed by atoms with Crippen LogP contribution in [0.2, 0.25) is 0 Å². The van der Waals surface area contributed by atoms with E-state index < -0.39 is 0 Å². The van der Waals surface area contributed by atoms with Crippen LogP contribution >= 0.6 is 0 Å². The van der Waals surface area contributed by atoms with E-state index in [1.807, 2.05) is 25.8 Å². The molecule has 0 bridgehead atoms. The Hall–Kier alpha value is -2.25. The van der Waals surface area contributed by atoms with Crippen molar-refractivity contribution in [1.29, 1.82) is 0 Å². The molecular formula is C22H32N4O3. The van der Waals surface area contributed by atoms with E-state index in [9.17, 15) is 4.79 Å². The van der Waals surface area contributed by atoms with Crippen LogP contribution in [0.25, 0.3) is 0 Å². The van der Waals surface area contributed by atoms with Gasteiger partial charge in [-0.2, -0.15) is 0 Å². The fourth-order valence-electron chi connectivity index (χ4n) is 4.03. The Labute approximate surface area is 173 Å². The maximum Gasteiger partial charge on any atom is 0.276 e. The lowest BCUT2D eigenvalue weighted by Crippen LogP contribution is -2.39. The van der Waals surface area contributed by atoms with E-state index in [4.69, 9.17) is 9.47 Å². The zero-order valence-electron chi connectivity index (χ0n) is 17.7. The molecule has 1 aliphatic rings. The van der Waals surface area contributed by atoms with Crippen LogP contribution in [-0.4, -0.2) is 58.4 Å². The number of aromatic nitrogens is 3. The number of nitrogens with zero attached hydrogens (tertiary/aromatic N) is 4. The number of ether oxygens (including phenoxy) is 2. The normalized spacial score (nSPS) is 19.4. The number of hydrogen-bond donors (Lipinski definition) is 0. The van der Waals surface area contributed by atoms with E-state index >= 15 is 0 Å². The molecule has 0 saturated heterocycles. The van der Waals surface area contributed by atoms with Crippen molar-refractivity contribution in [2.24, 2.45) is 0 Å². The summed E-state index contributed by atoms with van der Waals surface area (Å²) in [5, 5.41) is 8.16. The van der Waals surface area contributed by atoms with Gasteiger partial charge in [0.2, 0.25) is 0 Å². The van der Waals surface area contributed by atoms with Crippen molar-refractivity contribution in [1.82, 2.24) is 19.9 Å². The minimum absolute atomic E-state index is 0.0798. The highest BCUT2D eigenvalue weighted by molar-refractivity contribution is 5.91. The fraction of sp³-hybridized carbons (Fsp3) is 0.591. The summed E-state index contributed by atoms with van der Waals surface area (Å²) < 4.78 is 12.7. The number of benzene rings is 1. The average Bonchev–Trinajstić information content (AvgIpc) is 3.22. The number of carbonyl (C=O) groups is 1. The SMILES string of the molecule is CCOC(Cn1cc(C(=O)N(C)C2CCC(c3ccccc3)CC2)nn1)OCC. The average molecular weight is 401 g/mol. The van der Waals surface area contributed by atoms with Gasteiger partial charge in [-0.05, 0) is 51.0 Å². The zero-order valence-corrected chi connectivity index (χ0v) is 17.7. The summed E-state index contributed by atoms with van der Waals surface area (Å²) in [6.45, 7) is 5.36. The van der Waals surface area contributed by atoms with Crippen LogP contribution in [0.3, 0.4) is 0 Å². The third-order valence-corrected chi connectivity index (χ3v) is 5.63. The van der Waals surface area contributed by atoms with E-state index in [0.29, 0.717) is 31.4 Å². The molecule has 1 aromatic carbocycles. The van der Waals surface area contributed by atoms with Gasteiger partial charge in [0.25, 0.3) is 5.91 Å². The molecule has 0 aliphatic heterocycles. The molecular weight excluding hydrogens is 368 g/mol. The summed E-state index contributed by atoms with van der Waals surface area (Å²) >= 11 is 0. The molecule has 0 N–H and O–H groups in total. The van der Waals surface area contributed by atoms with E-state index in [2.05, 4.69) is 40.6 Å². The maximum absolute atomic E-state index is 12.9. The van der Waals surface area contributed by atoms with E-state index in [1.165, 1.54) is 5.56 Å². The Morgan fingerprint density at radius 1 is 1.14 bits per heavy atom. The molecule has 3 rings (SSSR count). The number of rotatable bonds is 9. The minimum atomic E-state index is -0.388. The molecule has 0 radical (unpaired) electrons. The first-order chi connectivity index (χ1) is 14.1. The first kappa shape index (κ1) is 21.5. The Morgan fingerprint density at radius 2 is 1.79 bits per heavy atom. The third-order valence-electron chi connectivity index (χ3n) is 5.63. The van der Waals surface area contributed by atoms with E-state index in [0.717, 1.165) is 25.7 Å². The van der Waals surface area contributed by atoms with Crippen LogP contribution in [0.4, 0.5) is 0 Å². The fourth-order valence-corrected chi connectivity index (χ4v) is 4.03. The summed E-state index contributed by atoms with van der Waals surface area (Å²) in [5.74, 6) is 0.509. The predicted molar refractivity (Wildman–Crippen MR) is 111 cm³/mol. The first-order valence-corrected chi connectivity index (χ1v) is 10.6. The van der Waals surface area contributed by atoms with Gasteiger partial charge in [-0.15, -0.1) is 5.10 Å². The largest absolute Gasteiger partial charge is 0.351 e. The second-order valence-electron chi connectivity index (χ2n) is 7.50. The van der Waals surface area contributed by atoms with Crippen molar-refractivity contribution < 1.29 is 14.3 Å². The third kappa shape index (κ3) is 5.64. The molecule has 0 spiro atoms. The summed E-state index contributed by atoms with van der Waals surface area (Å²) in [5.41, 5.74) is 1.77. The molecule has 7 heteroatoms. The van der Waals surface area contributed by atoms with Gasteiger partial charge in [0.05, 0.1) is 12.7 Å². The lowest BCUT2D eigenvalue weighted by molar-refractivity contribution is -0.145. The van der Waals surface area contributed by atoms with E-state index in [1.54, 1.807) is 10.9 Å². The van der Waals surface area contributed by atoms with Gasteiger partial charge in [-0.25, -0.2) is 4.68 Å². The molecule has 0 atom stereocenters. The van der Waals surface area contributed by atoms with Crippen LogP contribution in [0, 0.1) is 0 Å². The summed E-state index contributed by atoms with van der Waals surface area (Å²) in [7, 11) is 1.87. The van der Waals surface area contributed by atoms with Crippen molar-refractivity contribution in [2.45, 2.75) is 64.3 Å². The first-order valence-electron chi connectivity index (χ1n) is 10.6. The highest BCUT2D eigenvalue weighted by Gasteiger charge is 2.29. The molecule has 1 aliphatic carbocycles. The second-order valence-corrected chi connectivity index (χ2v) is 7.50. The summed E-state index contributed by atoms with van der Waals surface area (Å²) in [4.78, 5) is 14.7. The molecule has 29 heavy (non-hydrogen) atoms. The summed E-state index contributed by atoms with van der Waals surface area (Å²) in [6, 6.07) is 10.9. The van der Waals surface area contributed by atoms with Gasteiger partial charge in [0.15, 0.2) is 12.0 Å². The standard InChI is InChI=1S/C22H32N4O3/c1-4-28-21(29-5-2)16-26-15-20(23-24-26)22(27)25(3)19-13-11-18(12-14-19)17-9-7-6-8-10-17/h6-10,15,18-19,21H,4-5,11-14,16H2,1-3H3. The van der Waals surface area contributed by atoms with Crippen molar-refractivity contribution in [3.05, 3.63) is 47.8 Å². The van der Waals surface area contributed by atoms with Gasteiger partial charge in [-0.1, -0.05) is 35.5 Å². The van der Waals surface area contributed by atoms with Crippen LogP contribution in [0.15, 0.2) is 36.5 Å². The van der Waals surface area contributed by atoms with Crippen molar-refractivity contribution in [3.8, 4) is 0 Å². The molecule has 7 nitrogen and oxygen atoms in total. The monoisotopic (exact) mass is 400 g/mol. The van der Waals surface area contributed by atoms with Crippen molar-refractivity contribution in [3.63, 3.8) is 0 Å². The lowest BCUT2D eigenvalue weighted by atomic mass is 9.81. The Bertz CT molecular complexity index is 750. The molecule has 1 amide bonds. The Morgan fingerprint density at radius 3 is 2.41 bits per heavy atom. The van der Waals surface area contributed by atoms with Gasteiger partial charge in [0.1, 0.15) is 0 Å². The second kappa shape index (κ2) is 10.5. The van der Waals surface area contributed by atoms with Crippen LogP contribution < -0.4 is 0 Å². The van der Waals surface area contributed by atoms with Gasteiger partial charge >= 0.3 is 0 Å². The molecule has 0 unspecified atom stereocenters. The molecule has 1 aromatic heterocycles. The zero-order chi connectivity index (χ0) is 20.6.